The molecule has 0 aromatic rings. The van der Waals surface area contributed by atoms with Crippen LogP contribution in [0.4, 0.5) is 0 Å². The van der Waals surface area contributed by atoms with E-state index in [2.05, 4.69) is 29.1 Å². The van der Waals surface area contributed by atoms with Gasteiger partial charge >= 0.3 is 0 Å². The Kier molecular flexibility index (Phi) is 4.75. The van der Waals surface area contributed by atoms with Crippen LogP contribution in [0.3, 0.4) is 0 Å². The van der Waals surface area contributed by atoms with Crippen molar-refractivity contribution < 1.29 is 0 Å². The highest BCUT2D eigenvalue weighted by Crippen LogP contribution is 2.20. The van der Waals surface area contributed by atoms with E-state index < -0.39 is 0 Å². The second-order valence-corrected chi connectivity index (χ2v) is 3.05. The number of aliphatic imine (C=N–C) groups is 2. The van der Waals surface area contributed by atoms with Gasteiger partial charge in [0.25, 0.3) is 0 Å². The Morgan fingerprint density at radius 2 is 1.73 bits per heavy atom. The second kappa shape index (κ2) is 6.12. The van der Waals surface area contributed by atoms with Crippen LogP contribution in [0.15, 0.2) is 45.2 Å². The highest BCUT2D eigenvalue weighted by atomic mass is 15.0. The molecule has 0 aromatic heterocycles. The van der Waals surface area contributed by atoms with Crippen LogP contribution < -0.4 is 0 Å². The number of allylic oxidation sites excluding steroid dienone is 5. The van der Waals surface area contributed by atoms with Crippen LogP contribution in [0.5, 0.6) is 0 Å². The molecule has 0 unspecified atom stereocenters. The van der Waals surface area contributed by atoms with Crippen LogP contribution >= 0.6 is 0 Å². The smallest absolute Gasteiger partial charge is 0.154 e. The number of hydrogen-bond donors (Lipinski definition) is 0. The molecule has 0 bridgehead atoms. The molecule has 0 saturated heterocycles. The molecule has 0 atom stereocenters. The van der Waals surface area contributed by atoms with Gasteiger partial charge in [-0.05, 0) is 6.92 Å². The lowest BCUT2D eigenvalue weighted by atomic mass is 10.0. The van der Waals surface area contributed by atoms with Crippen molar-refractivity contribution in [1.82, 2.24) is 0 Å². The lowest BCUT2D eigenvalue weighted by molar-refractivity contribution is 1.17. The van der Waals surface area contributed by atoms with Gasteiger partial charge in [-0.3, -0.25) is 0 Å². The molecule has 0 fully saturated rings. The highest BCUT2D eigenvalue weighted by molar-refractivity contribution is 5.83. The zero-order valence-electron chi connectivity index (χ0n) is 9.57. The van der Waals surface area contributed by atoms with E-state index >= 15 is 0 Å². The predicted molar refractivity (Wildman–Crippen MR) is 67.2 cm³/mol. The minimum absolute atomic E-state index is 0.811. The summed E-state index contributed by atoms with van der Waals surface area (Å²) in [6.45, 7) is 6.07. The molecule has 0 aromatic carbocycles. The Morgan fingerprint density at radius 1 is 1.07 bits per heavy atom. The van der Waals surface area contributed by atoms with Crippen LogP contribution in [-0.2, 0) is 0 Å². The van der Waals surface area contributed by atoms with Gasteiger partial charge in [0.05, 0.1) is 0 Å². The molecule has 2 nitrogen and oxygen atoms in total. The van der Waals surface area contributed by atoms with Crippen molar-refractivity contribution in [3.05, 3.63) is 41.6 Å². The molecule has 1 aliphatic heterocycles. The molecule has 0 spiro atoms. The first-order valence-electron chi connectivity index (χ1n) is 5.35. The normalized spacial score (nSPS) is 18.5. The van der Waals surface area contributed by atoms with E-state index in [9.17, 15) is 0 Å². The van der Waals surface area contributed by atoms with E-state index in [1.165, 1.54) is 5.57 Å². The third-order valence-electron chi connectivity index (χ3n) is 1.95. The van der Waals surface area contributed by atoms with E-state index in [-0.39, 0.29) is 0 Å². The maximum absolute atomic E-state index is 4.22. The minimum atomic E-state index is 0.811. The standard InChI is InChI=1S/C11H11N2.C2H6/c1-9-3-5-10(6-4-9)11-12-7-2-8-13-11;1-2/h3-8H,2H2,1H3;1-2H3. The quantitative estimate of drug-likeness (QED) is 0.573. The lowest BCUT2D eigenvalue weighted by Gasteiger charge is -2.08. The molecular formula is C13H17N2. The summed E-state index contributed by atoms with van der Waals surface area (Å²) >= 11 is 0. The lowest BCUT2D eigenvalue weighted by Crippen LogP contribution is -1.94. The fraction of sp³-hybridized carbons (Fsp3) is 0.308. The second-order valence-electron chi connectivity index (χ2n) is 3.05. The minimum Gasteiger partial charge on any atom is -0.241 e. The fourth-order valence-electron chi connectivity index (χ4n) is 1.21. The Bertz CT molecular complexity index is 341. The maximum atomic E-state index is 4.22. The zero-order chi connectivity index (χ0) is 11.1. The molecule has 1 radical (unpaired) electrons. The first-order chi connectivity index (χ1) is 7.36. The molecule has 15 heavy (non-hydrogen) atoms. The fourth-order valence-corrected chi connectivity index (χ4v) is 1.21. The van der Waals surface area contributed by atoms with Gasteiger partial charge in [0, 0.05) is 30.8 Å². The van der Waals surface area contributed by atoms with Gasteiger partial charge in [-0.15, -0.1) is 0 Å². The maximum Gasteiger partial charge on any atom is 0.154 e. The van der Waals surface area contributed by atoms with E-state index in [1.54, 1.807) is 0 Å². The summed E-state index contributed by atoms with van der Waals surface area (Å²) in [7, 11) is 0. The van der Waals surface area contributed by atoms with Gasteiger partial charge in [0.2, 0.25) is 0 Å². The van der Waals surface area contributed by atoms with Crippen LogP contribution in [0.1, 0.15) is 27.2 Å². The summed E-state index contributed by atoms with van der Waals surface area (Å²) in [5.41, 5.74) is 2.34. The van der Waals surface area contributed by atoms with Crippen molar-refractivity contribution in [2.75, 3.05) is 0 Å². The van der Waals surface area contributed by atoms with Crippen LogP contribution in [-0.4, -0.2) is 12.4 Å². The third kappa shape index (κ3) is 3.31. The summed E-state index contributed by atoms with van der Waals surface area (Å²) in [5.74, 6) is 0.811. The largest absolute Gasteiger partial charge is 0.241 e. The Hall–Kier alpha value is -1.44. The van der Waals surface area contributed by atoms with Crippen molar-refractivity contribution in [2.45, 2.75) is 27.2 Å². The van der Waals surface area contributed by atoms with Crippen molar-refractivity contribution in [3.63, 3.8) is 0 Å². The monoisotopic (exact) mass is 201 g/mol. The van der Waals surface area contributed by atoms with E-state index in [0.29, 0.717) is 0 Å². The highest BCUT2D eigenvalue weighted by Gasteiger charge is 2.05. The third-order valence-corrected chi connectivity index (χ3v) is 1.95. The van der Waals surface area contributed by atoms with E-state index in [4.69, 9.17) is 0 Å². The van der Waals surface area contributed by atoms with Gasteiger partial charge < -0.3 is 0 Å². The summed E-state index contributed by atoms with van der Waals surface area (Å²) in [4.78, 5) is 8.45. The van der Waals surface area contributed by atoms with Crippen molar-refractivity contribution in [2.24, 2.45) is 9.98 Å². The Labute approximate surface area is 91.8 Å². The van der Waals surface area contributed by atoms with Crippen molar-refractivity contribution in [3.8, 4) is 0 Å². The van der Waals surface area contributed by atoms with Gasteiger partial charge in [-0.25, -0.2) is 9.98 Å². The Morgan fingerprint density at radius 3 is 2.27 bits per heavy atom. The number of rotatable bonds is 0. The molecule has 0 saturated carbocycles. The van der Waals surface area contributed by atoms with Gasteiger partial charge in [0.15, 0.2) is 5.82 Å². The molecule has 2 aliphatic rings. The average molecular weight is 201 g/mol. The predicted octanol–water partition coefficient (Wildman–Crippen LogP) is 3.49. The molecular weight excluding hydrogens is 184 g/mol. The molecule has 0 amide bonds. The van der Waals surface area contributed by atoms with E-state index in [1.807, 2.05) is 38.8 Å². The van der Waals surface area contributed by atoms with Crippen molar-refractivity contribution >= 4 is 12.4 Å². The first kappa shape index (κ1) is 11.6. The molecule has 79 valence electrons. The number of hydrogen-bond acceptors (Lipinski definition) is 2. The first-order valence-corrected chi connectivity index (χ1v) is 5.35. The summed E-state index contributed by atoms with van der Waals surface area (Å²) in [6, 6.07) is 0. The summed E-state index contributed by atoms with van der Waals surface area (Å²) in [6.07, 6.45) is 12.8. The van der Waals surface area contributed by atoms with Crippen LogP contribution in [0.25, 0.3) is 0 Å². The Balaban J connectivity index is 0.000000531. The van der Waals surface area contributed by atoms with Gasteiger partial charge in [-0.2, -0.15) is 0 Å². The van der Waals surface area contributed by atoms with Crippen molar-refractivity contribution in [1.29, 1.82) is 0 Å². The zero-order valence-corrected chi connectivity index (χ0v) is 9.57. The molecule has 2 heteroatoms. The summed E-state index contributed by atoms with van der Waals surface area (Å²) < 4.78 is 0. The molecule has 1 heterocycles. The molecule has 2 rings (SSSR count). The van der Waals surface area contributed by atoms with Gasteiger partial charge in [-0.1, -0.05) is 37.6 Å². The topological polar surface area (TPSA) is 24.7 Å². The van der Waals surface area contributed by atoms with Crippen LogP contribution in [0.2, 0.25) is 0 Å². The van der Waals surface area contributed by atoms with Gasteiger partial charge in [0.1, 0.15) is 0 Å². The molecule has 1 aliphatic carbocycles. The number of nitrogens with zero attached hydrogens (tertiary/aromatic N) is 2. The molecule has 0 N–H and O–H groups in total. The van der Waals surface area contributed by atoms with Crippen LogP contribution in [0, 0.1) is 6.42 Å². The average Bonchev–Trinajstić information content (AvgIpc) is 2.34. The SMILES string of the molecule is CC.CC1=C[CH]C(=C2N=CCC=N2)C=C1. The van der Waals surface area contributed by atoms with E-state index in [0.717, 1.165) is 17.8 Å². The summed E-state index contributed by atoms with van der Waals surface area (Å²) in [5, 5.41) is 0.